The summed E-state index contributed by atoms with van der Waals surface area (Å²) in [4.78, 5) is 22.9. The number of Topliss-reactive ketones (excluding diaryl/α,β-unsaturated/α-hetero) is 2. The second-order valence-electron chi connectivity index (χ2n) is 4.01. The van der Waals surface area contributed by atoms with Gasteiger partial charge in [-0.05, 0) is 19.4 Å². The molecule has 1 aliphatic rings. The molecule has 1 aromatic carbocycles. The predicted molar refractivity (Wildman–Crippen MR) is 53.2 cm³/mol. The van der Waals surface area contributed by atoms with Gasteiger partial charge in [0.15, 0.2) is 11.6 Å². The summed E-state index contributed by atoms with van der Waals surface area (Å²) in [6.07, 6.45) is 0.102. The number of carbonyl (C=O) groups excluding carboxylic acids is 2. The number of aryl methyl sites for hydroxylation is 1. The van der Waals surface area contributed by atoms with E-state index in [0.717, 1.165) is 11.1 Å². The fourth-order valence-corrected chi connectivity index (χ4v) is 1.76. The summed E-state index contributed by atoms with van der Waals surface area (Å²) in [5.74, 6) is 0.0673. The standard InChI is InChI=1S/C12H12O2/c1-8-3-5-9(6-4-8)12(2)10(13)7-11(12)14/h3-6H,7H2,1-2H3. The Bertz CT molecular complexity index is 387. The van der Waals surface area contributed by atoms with Crippen LogP contribution in [0.5, 0.6) is 0 Å². The summed E-state index contributed by atoms with van der Waals surface area (Å²) in [5.41, 5.74) is 1.11. The number of benzene rings is 1. The number of ketones is 2. The van der Waals surface area contributed by atoms with Crippen LogP contribution in [0.2, 0.25) is 0 Å². The second kappa shape index (κ2) is 2.77. The largest absolute Gasteiger partial charge is 0.298 e. The van der Waals surface area contributed by atoms with Gasteiger partial charge >= 0.3 is 0 Å². The quantitative estimate of drug-likeness (QED) is 0.630. The monoisotopic (exact) mass is 188 g/mol. The Labute approximate surface area is 82.9 Å². The molecule has 1 aromatic rings. The van der Waals surface area contributed by atoms with Gasteiger partial charge in [-0.2, -0.15) is 0 Å². The van der Waals surface area contributed by atoms with Crippen LogP contribution in [-0.4, -0.2) is 11.6 Å². The van der Waals surface area contributed by atoms with Crippen LogP contribution in [0.15, 0.2) is 24.3 Å². The lowest BCUT2D eigenvalue weighted by atomic mass is 9.63. The molecule has 0 bridgehead atoms. The van der Waals surface area contributed by atoms with E-state index < -0.39 is 5.41 Å². The molecule has 0 N–H and O–H groups in total. The van der Waals surface area contributed by atoms with Gasteiger partial charge in [0.05, 0.1) is 6.42 Å². The minimum absolute atomic E-state index is 0.0337. The van der Waals surface area contributed by atoms with Crippen molar-refractivity contribution in [3.63, 3.8) is 0 Å². The molecule has 1 aliphatic carbocycles. The molecule has 0 aromatic heterocycles. The van der Waals surface area contributed by atoms with Gasteiger partial charge in [0.25, 0.3) is 0 Å². The van der Waals surface area contributed by atoms with Crippen LogP contribution in [0.3, 0.4) is 0 Å². The van der Waals surface area contributed by atoms with Gasteiger partial charge in [0.2, 0.25) is 0 Å². The topological polar surface area (TPSA) is 34.1 Å². The molecule has 0 spiro atoms. The molecule has 14 heavy (non-hydrogen) atoms. The first-order chi connectivity index (χ1) is 6.55. The molecule has 1 saturated carbocycles. The van der Waals surface area contributed by atoms with Crippen molar-refractivity contribution in [3.05, 3.63) is 35.4 Å². The van der Waals surface area contributed by atoms with E-state index in [4.69, 9.17) is 0 Å². The highest BCUT2D eigenvalue weighted by Crippen LogP contribution is 2.36. The summed E-state index contributed by atoms with van der Waals surface area (Å²) in [6.45, 7) is 3.70. The Morgan fingerprint density at radius 1 is 1.07 bits per heavy atom. The van der Waals surface area contributed by atoms with Crippen molar-refractivity contribution >= 4 is 11.6 Å². The smallest absolute Gasteiger partial charge is 0.157 e. The lowest BCUT2D eigenvalue weighted by molar-refractivity contribution is -0.145. The molecule has 0 heterocycles. The SMILES string of the molecule is Cc1ccc(C2(C)C(=O)CC2=O)cc1. The maximum atomic E-state index is 11.4. The molecule has 0 amide bonds. The number of hydrogen-bond acceptors (Lipinski definition) is 2. The average molecular weight is 188 g/mol. The van der Waals surface area contributed by atoms with E-state index in [2.05, 4.69) is 0 Å². The zero-order valence-corrected chi connectivity index (χ0v) is 8.33. The molecule has 0 radical (unpaired) electrons. The van der Waals surface area contributed by atoms with E-state index >= 15 is 0 Å². The predicted octanol–water partition coefficient (Wildman–Crippen LogP) is 1.79. The Hall–Kier alpha value is -1.44. The molecule has 0 atom stereocenters. The van der Waals surface area contributed by atoms with Crippen molar-refractivity contribution in [2.45, 2.75) is 25.7 Å². The highest BCUT2D eigenvalue weighted by Gasteiger charge is 2.51. The van der Waals surface area contributed by atoms with Gasteiger partial charge in [-0.25, -0.2) is 0 Å². The average Bonchev–Trinajstić information content (AvgIpc) is 2.18. The van der Waals surface area contributed by atoms with Crippen LogP contribution >= 0.6 is 0 Å². The zero-order chi connectivity index (χ0) is 10.3. The summed E-state index contributed by atoms with van der Waals surface area (Å²) >= 11 is 0. The number of hydrogen-bond donors (Lipinski definition) is 0. The maximum Gasteiger partial charge on any atom is 0.157 e. The zero-order valence-electron chi connectivity index (χ0n) is 8.33. The van der Waals surface area contributed by atoms with Gasteiger partial charge in [-0.1, -0.05) is 29.8 Å². The normalized spacial score (nSPS) is 19.3. The first kappa shape index (κ1) is 9.13. The van der Waals surface area contributed by atoms with Crippen LogP contribution < -0.4 is 0 Å². The Balaban J connectivity index is 2.44. The molecule has 0 unspecified atom stereocenters. The van der Waals surface area contributed by atoms with E-state index in [-0.39, 0.29) is 18.0 Å². The van der Waals surface area contributed by atoms with Crippen LogP contribution in [-0.2, 0) is 15.0 Å². The molecule has 2 rings (SSSR count). The van der Waals surface area contributed by atoms with Crippen LogP contribution in [0.1, 0.15) is 24.5 Å². The maximum absolute atomic E-state index is 11.4. The highest BCUT2D eigenvalue weighted by atomic mass is 16.2. The molecule has 72 valence electrons. The van der Waals surface area contributed by atoms with E-state index in [9.17, 15) is 9.59 Å². The third kappa shape index (κ3) is 1.03. The molecular weight excluding hydrogens is 176 g/mol. The van der Waals surface area contributed by atoms with E-state index in [1.54, 1.807) is 6.92 Å². The summed E-state index contributed by atoms with van der Waals surface area (Å²) in [7, 11) is 0. The van der Waals surface area contributed by atoms with Gasteiger partial charge in [0, 0.05) is 0 Å². The molecular formula is C12H12O2. The van der Waals surface area contributed by atoms with Crippen molar-refractivity contribution in [1.82, 2.24) is 0 Å². The second-order valence-corrected chi connectivity index (χ2v) is 4.01. The van der Waals surface area contributed by atoms with E-state index in [1.807, 2.05) is 31.2 Å². The Morgan fingerprint density at radius 3 is 2.00 bits per heavy atom. The fourth-order valence-electron chi connectivity index (χ4n) is 1.76. The van der Waals surface area contributed by atoms with Crippen molar-refractivity contribution in [1.29, 1.82) is 0 Å². The van der Waals surface area contributed by atoms with Gasteiger partial charge in [-0.15, -0.1) is 0 Å². The molecule has 0 aliphatic heterocycles. The number of carbonyl (C=O) groups is 2. The first-order valence-corrected chi connectivity index (χ1v) is 4.69. The fraction of sp³-hybridized carbons (Fsp3) is 0.333. The first-order valence-electron chi connectivity index (χ1n) is 4.69. The molecule has 2 nitrogen and oxygen atoms in total. The van der Waals surface area contributed by atoms with E-state index in [1.165, 1.54) is 0 Å². The number of rotatable bonds is 1. The van der Waals surface area contributed by atoms with Crippen LogP contribution in [0, 0.1) is 6.92 Å². The van der Waals surface area contributed by atoms with Gasteiger partial charge < -0.3 is 0 Å². The summed E-state index contributed by atoms with van der Waals surface area (Å²) < 4.78 is 0. The van der Waals surface area contributed by atoms with Crippen molar-refractivity contribution < 1.29 is 9.59 Å². The third-order valence-electron chi connectivity index (χ3n) is 3.07. The lowest BCUT2D eigenvalue weighted by Crippen LogP contribution is -2.52. The van der Waals surface area contributed by atoms with Crippen molar-refractivity contribution in [2.75, 3.05) is 0 Å². The molecule has 2 heteroatoms. The summed E-state index contributed by atoms with van der Waals surface area (Å²) in [6, 6.07) is 7.59. The molecule has 1 fully saturated rings. The minimum atomic E-state index is -0.853. The van der Waals surface area contributed by atoms with E-state index in [0.29, 0.717) is 0 Å². The van der Waals surface area contributed by atoms with Crippen LogP contribution in [0.4, 0.5) is 0 Å². The third-order valence-corrected chi connectivity index (χ3v) is 3.07. The van der Waals surface area contributed by atoms with Gasteiger partial charge in [0.1, 0.15) is 5.41 Å². The van der Waals surface area contributed by atoms with Crippen LogP contribution in [0.25, 0.3) is 0 Å². The van der Waals surface area contributed by atoms with Crippen molar-refractivity contribution in [2.24, 2.45) is 0 Å². The lowest BCUT2D eigenvalue weighted by Gasteiger charge is -2.34. The van der Waals surface area contributed by atoms with Crippen molar-refractivity contribution in [3.8, 4) is 0 Å². The highest BCUT2D eigenvalue weighted by molar-refractivity contribution is 6.29. The summed E-state index contributed by atoms with van der Waals surface area (Å²) in [5, 5.41) is 0. The van der Waals surface area contributed by atoms with Gasteiger partial charge in [-0.3, -0.25) is 9.59 Å². The Kier molecular flexibility index (Phi) is 1.81. The minimum Gasteiger partial charge on any atom is -0.298 e. The Morgan fingerprint density at radius 2 is 1.57 bits per heavy atom. The molecule has 0 saturated heterocycles.